The van der Waals surface area contributed by atoms with Crippen molar-refractivity contribution in [3.05, 3.63) is 83.0 Å². The molecule has 170 valence electrons. The zero-order valence-electron chi connectivity index (χ0n) is 19.2. The second-order valence-corrected chi connectivity index (χ2v) is 8.99. The third kappa shape index (κ3) is 5.06. The van der Waals surface area contributed by atoms with E-state index < -0.39 is 0 Å². The molecule has 0 bridgehead atoms. The molecule has 0 atom stereocenters. The van der Waals surface area contributed by atoms with Crippen LogP contribution in [0.25, 0.3) is 5.57 Å². The van der Waals surface area contributed by atoms with Crippen molar-refractivity contribution in [2.75, 3.05) is 24.5 Å². The van der Waals surface area contributed by atoms with E-state index in [0.717, 1.165) is 56.7 Å². The Morgan fingerprint density at radius 2 is 2.00 bits per heavy atom. The second-order valence-electron chi connectivity index (χ2n) is 8.99. The van der Waals surface area contributed by atoms with E-state index in [4.69, 9.17) is 4.52 Å². The molecule has 0 unspecified atom stereocenters. The number of nitrogens with zero attached hydrogens (tertiary/aromatic N) is 4. The third-order valence-corrected chi connectivity index (χ3v) is 6.50. The Kier molecular flexibility index (Phi) is 6.35. The molecule has 1 aromatic heterocycles. The van der Waals surface area contributed by atoms with Crippen LogP contribution in [0.2, 0.25) is 0 Å². The van der Waals surface area contributed by atoms with Crippen molar-refractivity contribution in [1.82, 2.24) is 15.0 Å². The minimum atomic E-state index is 0.116. The van der Waals surface area contributed by atoms with Gasteiger partial charge >= 0.3 is 0 Å². The van der Waals surface area contributed by atoms with Crippen LogP contribution in [0.1, 0.15) is 47.7 Å². The highest BCUT2D eigenvalue weighted by atomic mass is 16.5. The van der Waals surface area contributed by atoms with Gasteiger partial charge in [-0.2, -0.15) is 4.98 Å². The summed E-state index contributed by atoms with van der Waals surface area (Å²) in [5.41, 5.74) is 6.06. The molecule has 2 aliphatic heterocycles. The number of carbonyl (C=O) groups excluding carboxylic acids is 1. The number of aromatic nitrogens is 2. The van der Waals surface area contributed by atoms with Gasteiger partial charge in [-0.05, 0) is 49.0 Å². The highest BCUT2D eigenvalue weighted by molar-refractivity contribution is 5.94. The van der Waals surface area contributed by atoms with Gasteiger partial charge in [0.25, 0.3) is 0 Å². The monoisotopic (exact) mass is 442 g/mol. The van der Waals surface area contributed by atoms with Gasteiger partial charge in [0.1, 0.15) is 0 Å². The number of anilines is 1. The highest BCUT2D eigenvalue weighted by Crippen LogP contribution is 2.27. The summed E-state index contributed by atoms with van der Waals surface area (Å²) in [4.78, 5) is 21.8. The zero-order chi connectivity index (χ0) is 22.6. The smallest absolute Gasteiger partial charge is 0.227 e. The molecule has 5 rings (SSSR count). The van der Waals surface area contributed by atoms with Crippen LogP contribution in [0.3, 0.4) is 0 Å². The van der Waals surface area contributed by atoms with E-state index in [-0.39, 0.29) is 5.91 Å². The number of aryl methyl sites for hydroxylation is 3. The molecule has 6 heteroatoms. The van der Waals surface area contributed by atoms with E-state index in [0.29, 0.717) is 24.6 Å². The minimum Gasteiger partial charge on any atom is -0.339 e. The van der Waals surface area contributed by atoms with Gasteiger partial charge in [-0.15, -0.1) is 0 Å². The summed E-state index contributed by atoms with van der Waals surface area (Å²) < 4.78 is 5.47. The molecule has 1 amide bonds. The fraction of sp³-hybridized carbons (Fsp3) is 0.370. The number of benzene rings is 2. The predicted octanol–water partition coefficient (Wildman–Crippen LogP) is 4.58. The molecular weight excluding hydrogens is 412 g/mol. The van der Waals surface area contributed by atoms with Gasteiger partial charge in [0.2, 0.25) is 11.8 Å². The van der Waals surface area contributed by atoms with Crippen LogP contribution < -0.4 is 4.90 Å². The number of fused-ring (bicyclic) bond motifs is 1. The summed E-state index contributed by atoms with van der Waals surface area (Å²) in [6, 6.07) is 16.9. The molecule has 3 heterocycles. The van der Waals surface area contributed by atoms with Crippen LogP contribution in [-0.2, 0) is 24.2 Å². The van der Waals surface area contributed by atoms with Gasteiger partial charge in [0, 0.05) is 44.7 Å². The standard InChI is InChI=1S/C27H30N4O2/c1-20-6-4-7-21(18-20)19-30-16-13-23(14-17-30)27-28-25(33-29-27)11-12-26(32)31-15-5-9-22-8-2-3-10-24(22)31/h2-4,6-8,10,13,18H,5,9,11-12,14-17,19H2,1H3. The van der Waals surface area contributed by atoms with Crippen LogP contribution in [0, 0.1) is 6.92 Å². The first-order valence-electron chi connectivity index (χ1n) is 11.8. The largest absolute Gasteiger partial charge is 0.339 e. The summed E-state index contributed by atoms with van der Waals surface area (Å²) in [6.07, 6.45) is 5.97. The third-order valence-electron chi connectivity index (χ3n) is 6.50. The molecule has 0 saturated heterocycles. The maximum Gasteiger partial charge on any atom is 0.227 e. The van der Waals surface area contributed by atoms with Crippen LogP contribution in [-0.4, -0.2) is 40.6 Å². The van der Waals surface area contributed by atoms with E-state index in [1.54, 1.807) is 0 Å². The molecule has 6 nitrogen and oxygen atoms in total. The summed E-state index contributed by atoms with van der Waals surface area (Å²) in [5, 5.41) is 4.19. The Balaban J connectivity index is 1.16. The summed E-state index contributed by atoms with van der Waals surface area (Å²) >= 11 is 0. The zero-order valence-corrected chi connectivity index (χ0v) is 19.2. The van der Waals surface area contributed by atoms with Crippen LogP contribution in [0.15, 0.2) is 59.1 Å². The van der Waals surface area contributed by atoms with Crippen molar-refractivity contribution >= 4 is 17.2 Å². The van der Waals surface area contributed by atoms with E-state index >= 15 is 0 Å². The van der Waals surface area contributed by atoms with Crippen LogP contribution >= 0.6 is 0 Å². The fourth-order valence-corrected chi connectivity index (χ4v) is 4.75. The van der Waals surface area contributed by atoms with E-state index in [2.05, 4.69) is 58.4 Å². The number of rotatable bonds is 6. The van der Waals surface area contributed by atoms with Gasteiger partial charge in [-0.1, -0.05) is 59.3 Å². The molecule has 0 aliphatic carbocycles. The van der Waals surface area contributed by atoms with E-state index in [1.165, 1.54) is 16.7 Å². The molecule has 2 aliphatic rings. The molecular formula is C27H30N4O2. The Bertz CT molecular complexity index is 1170. The molecule has 2 aromatic carbocycles. The van der Waals surface area contributed by atoms with Crippen molar-refractivity contribution in [3.63, 3.8) is 0 Å². The first kappa shape index (κ1) is 21.6. The van der Waals surface area contributed by atoms with Gasteiger partial charge in [-0.3, -0.25) is 9.69 Å². The molecule has 33 heavy (non-hydrogen) atoms. The van der Waals surface area contributed by atoms with E-state index in [1.807, 2.05) is 23.1 Å². The lowest BCUT2D eigenvalue weighted by Crippen LogP contribution is -2.35. The van der Waals surface area contributed by atoms with Crippen molar-refractivity contribution in [2.24, 2.45) is 0 Å². The van der Waals surface area contributed by atoms with Crippen LogP contribution in [0.5, 0.6) is 0 Å². The summed E-state index contributed by atoms with van der Waals surface area (Å²) in [5.74, 6) is 1.31. The highest BCUT2D eigenvalue weighted by Gasteiger charge is 2.23. The lowest BCUT2D eigenvalue weighted by Gasteiger charge is -2.29. The molecule has 0 N–H and O–H groups in total. The quantitative estimate of drug-likeness (QED) is 0.559. The average Bonchev–Trinajstić information content (AvgIpc) is 3.32. The molecule has 0 radical (unpaired) electrons. The number of carbonyl (C=O) groups is 1. The summed E-state index contributed by atoms with van der Waals surface area (Å²) in [6.45, 7) is 5.70. The Morgan fingerprint density at radius 1 is 1.09 bits per heavy atom. The maximum absolute atomic E-state index is 12.9. The minimum absolute atomic E-state index is 0.116. The number of para-hydroxylation sites is 1. The van der Waals surface area contributed by atoms with Gasteiger partial charge in [0.05, 0.1) is 0 Å². The van der Waals surface area contributed by atoms with Crippen molar-refractivity contribution in [2.45, 2.75) is 45.6 Å². The average molecular weight is 443 g/mol. The van der Waals surface area contributed by atoms with Gasteiger partial charge in [-0.25, -0.2) is 0 Å². The number of hydrogen-bond acceptors (Lipinski definition) is 5. The number of amides is 1. The predicted molar refractivity (Wildman–Crippen MR) is 129 cm³/mol. The lowest BCUT2D eigenvalue weighted by atomic mass is 10.0. The van der Waals surface area contributed by atoms with Gasteiger partial charge < -0.3 is 9.42 Å². The van der Waals surface area contributed by atoms with Crippen molar-refractivity contribution in [1.29, 1.82) is 0 Å². The Labute approximate surface area is 194 Å². The first-order valence-corrected chi connectivity index (χ1v) is 11.8. The van der Waals surface area contributed by atoms with Crippen LogP contribution in [0.4, 0.5) is 5.69 Å². The number of hydrogen-bond donors (Lipinski definition) is 0. The first-order chi connectivity index (χ1) is 16.2. The SMILES string of the molecule is Cc1cccc(CN2CC=C(c3noc(CCC(=O)N4CCCc5ccccc54)n3)CC2)c1. The Morgan fingerprint density at radius 3 is 2.85 bits per heavy atom. The van der Waals surface area contributed by atoms with Crippen molar-refractivity contribution < 1.29 is 9.32 Å². The fourth-order valence-electron chi connectivity index (χ4n) is 4.75. The van der Waals surface area contributed by atoms with E-state index in [9.17, 15) is 4.79 Å². The van der Waals surface area contributed by atoms with Gasteiger partial charge in [0.15, 0.2) is 5.82 Å². The molecule has 0 saturated carbocycles. The maximum atomic E-state index is 12.9. The normalized spacial score (nSPS) is 16.4. The topological polar surface area (TPSA) is 62.5 Å². The molecule has 3 aromatic rings. The Hall–Kier alpha value is -3.25. The molecule has 0 fully saturated rings. The van der Waals surface area contributed by atoms with Crippen molar-refractivity contribution in [3.8, 4) is 0 Å². The lowest BCUT2D eigenvalue weighted by molar-refractivity contribution is -0.118. The summed E-state index contributed by atoms with van der Waals surface area (Å²) in [7, 11) is 0. The second kappa shape index (κ2) is 9.71. The molecule has 0 spiro atoms.